The highest BCUT2D eigenvalue weighted by atomic mass is 35.5. The molecule has 0 aliphatic carbocycles. The smallest absolute Gasteiger partial charge is 0.185 e. The lowest BCUT2D eigenvalue weighted by atomic mass is 10.1. The van der Waals surface area contributed by atoms with E-state index in [0.29, 0.717) is 27.1 Å². The molecule has 0 aliphatic heterocycles. The zero-order valence-corrected chi connectivity index (χ0v) is 17.0. The molecule has 3 rings (SSSR count). The van der Waals surface area contributed by atoms with E-state index in [0.717, 1.165) is 11.1 Å². The van der Waals surface area contributed by atoms with Gasteiger partial charge >= 0.3 is 0 Å². The number of methoxy groups -OCH3 is 1. The van der Waals surface area contributed by atoms with Crippen LogP contribution in [-0.4, -0.2) is 12.9 Å². The number of carbonyl (C=O) groups is 1. The lowest BCUT2D eigenvalue weighted by Crippen LogP contribution is -2.00. The van der Waals surface area contributed by atoms with E-state index in [4.69, 9.17) is 32.7 Å². The summed E-state index contributed by atoms with van der Waals surface area (Å²) in [6.45, 7) is 0.220. The van der Waals surface area contributed by atoms with Gasteiger partial charge in [-0.3, -0.25) is 4.79 Å². The van der Waals surface area contributed by atoms with Crippen LogP contribution < -0.4 is 9.47 Å². The number of halogens is 3. The van der Waals surface area contributed by atoms with E-state index < -0.39 is 0 Å². The summed E-state index contributed by atoms with van der Waals surface area (Å²) < 4.78 is 24.2. The molecule has 0 heterocycles. The summed E-state index contributed by atoms with van der Waals surface area (Å²) in [5.41, 5.74) is 1.99. The van der Waals surface area contributed by atoms with Gasteiger partial charge in [-0.1, -0.05) is 35.3 Å². The van der Waals surface area contributed by atoms with Gasteiger partial charge in [0, 0.05) is 16.1 Å². The molecule has 0 bridgehead atoms. The van der Waals surface area contributed by atoms with Crippen molar-refractivity contribution < 1.29 is 18.7 Å². The Labute approximate surface area is 178 Å². The van der Waals surface area contributed by atoms with Crippen molar-refractivity contribution in [2.45, 2.75) is 6.61 Å². The fourth-order valence-electron chi connectivity index (χ4n) is 2.65. The summed E-state index contributed by atoms with van der Waals surface area (Å²) in [7, 11) is 1.57. The molecule has 0 aromatic heterocycles. The molecule has 3 aromatic rings. The van der Waals surface area contributed by atoms with E-state index in [1.54, 1.807) is 37.5 Å². The molecule has 3 nitrogen and oxygen atoms in total. The Morgan fingerprint density at radius 1 is 1.00 bits per heavy atom. The second-order valence-corrected chi connectivity index (χ2v) is 6.98. The van der Waals surface area contributed by atoms with Crippen LogP contribution in [-0.2, 0) is 6.61 Å². The standard InChI is InChI=1S/C23H17Cl2FO3/c1-28-22-10-3-15(2-9-21(27)16-4-7-19(26)8-5-16)12-17(22)14-29-23-11-6-18(24)13-20(23)25/h2-13H,14H2,1H3/b9-2-. The van der Waals surface area contributed by atoms with Gasteiger partial charge in [-0.15, -0.1) is 0 Å². The van der Waals surface area contributed by atoms with Crippen molar-refractivity contribution in [1.82, 2.24) is 0 Å². The van der Waals surface area contributed by atoms with Crippen LogP contribution >= 0.6 is 23.2 Å². The first-order valence-electron chi connectivity index (χ1n) is 8.69. The van der Waals surface area contributed by atoms with E-state index in [2.05, 4.69) is 0 Å². The highest BCUT2D eigenvalue weighted by Gasteiger charge is 2.08. The molecule has 0 aliphatic rings. The Hall–Kier alpha value is -2.82. The SMILES string of the molecule is COc1ccc(/C=C\C(=O)c2ccc(F)cc2)cc1COc1ccc(Cl)cc1Cl. The Bertz CT molecular complexity index is 1050. The minimum absolute atomic E-state index is 0.216. The van der Waals surface area contributed by atoms with Gasteiger partial charge in [-0.05, 0) is 66.2 Å². The van der Waals surface area contributed by atoms with Crippen LogP contribution in [0.1, 0.15) is 21.5 Å². The van der Waals surface area contributed by atoms with Gasteiger partial charge in [-0.25, -0.2) is 4.39 Å². The molecule has 3 aromatic carbocycles. The molecular formula is C23H17Cl2FO3. The third kappa shape index (κ3) is 5.59. The number of rotatable bonds is 7. The molecule has 29 heavy (non-hydrogen) atoms. The van der Waals surface area contributed by atoms with E-state index in [-0.39, 0.29) is 18.2 Å². The Kier molecular flexibility index (Phi) is 6.91. The van der Waals surface area contributed by atoms with Crippen molar-refractivity contribution in [3.8, 4) is 11.5 Å². The fourth-order valence-corrected chi connectivity index (χ4v) is 3.11. The number of allylic oxidation sites excluding steroid dienone is 1. The monoisotopic (exact) mass is 430 g/mol. The first kappa shape index (κ1) is 20.9. The first-order chi connectivity index (χ1) is 14.0. The highest BCUT2D eigenvalue weighted by molar-refractivity contribution is 6.35. The van der Waals surface area contributed by atoms with E-state index in [9.17, 15) is 9.18 Å². The molecule has 0 radical (unpaired) electrons. The van der Waals surface area contributed by atoms with Crippen molar-refractivity contribution >= 4 is 35.1 Å². The van der Waals surface area contributed by atoms with Crippen LogP contribution in [0.2, 0.25) is 10.0 Å². The van der Waals surface area contributed by atoms with Crippen LogP contribution in [0.4, 0.5) is 4.39 Å². The lowest BCUT2D eigenvalue weighted by Gasteiger charge is -2.12. The number of carbonyl (C=O) groups excluding carboxylic acids is 1. The summed E-state index contributed by atoms with van der Waals surface area (Å²) in [6, 6.07) is 15.9. The van der Waals surface area contributed by atoms with E-state index in [1.165, 1.54) is 30.3 Å². The zero-order chi connectivity index (χ0) is 20.8. The maximum Gasteiger partial charge on any atom is 0.185 e. The van der Waals surface area contributed by atoms with Gasteiger partial charge in [0.2, 0.25) is 0 Å². The van der Waals surface area contributed by atoms with Crippen molar-refractivity contribution in [2.24, 2.45) is 0 Å². The molecular weight excluding hydrogens is 414 g/mol. The Morgan fingerprint density at radius 2 is 1.72 bits per heavy atom. The van der Waals surface area contributed by atoms with Crippen LogP contribution in [0.15, 0.2) is 66.7 Å². The lowest BCUT2D eigenvalue weighted by molar-refractivity contribution is 0.104. The second kappa shape index (κ2) is 9.59. The van der Waals surface area contributed by atoms with Crippen LogP contribution in [0.5, 0.6) is 11.5 Å². The second-order valence-electron chi connectivity index (χ2n) is 6.14. The van der Waals surface area contributed by atoms with Crippen LogP contribution in [0, 0.1) is 5.82 Å². The number of benzene rings is 3. The minimum atomic E-state index is -0.383. The average molecular weight is 431 g/mol. The molecule has 0 spiro atoms. The number of ether oxygens (including phenoxy) is 2. The van der Waals surface area contributed by atoms with Crippen molar-refractivity contribution in [3.05, 3.63) is 99.3 Å². The summed E-state index contributed by atoms with van der Waals surface area (Å²) in [4.78, 5) is 12.2. The van der Waals surface area contributed by atoms with Gasteiger partial charge in [0.15, 0.2) is 5.78 Å². The quantitative estimate of drug-likeness (QED) is 0.312. The van der Waals surface area contributed by atoms with Crippen LogP contribution in [0.25, 0.3) is 6.08 Å². The highest BCUT2D eigenvalue weighted by Crippen LogP contribution is 2.29. The number of hydrogen-bond acceptors (Lipinski definition) is 3. The molecule has 0 N–H and O–H groups in total. The average Bonchev–Trinajstić information content (AvgIpc) is 2.72. The maximum absolute atomic E-state index is 13.0. The van der Waals surface area contributed by atoms with Crippen molar-refractivity contribution in [3.63, 3.8) is 0 Å². The molecule has 0 saturated heterocycles. The Morgan fingerprint density at radius 3 is 2.41 bits per heavy atom. The Balaban J connectivity index is 1.75. The third-order valence-corrected chi connectivity index (χ3v) is 4.67. The van der Waals surface area contributed by atoms with E-state index >= 15 is 0 Å². The number of ketones is 1. The molecule has 0 atom stereocenters. The minimum Gasteiger partial charge on any atom is -0.496 e. The summed E-state index contributed by atoms with van der Waals surface area (Å²) >= 11 is 12.0. The molecule has 0 fully saturated rings. The van der Waals surface area contributed by atoms with E-state index in [1.807, 2.05) is 12.1 Å². The predicted molar refractivity (Wildman–Crippen MR) is 114 cm³/mol. The van der Waals surface area contributed by atoms with Gasteiger partial charge in [-0.2, -0.15) is 0 Å². The molecule has 0 unspecified atom stereocenters. The maximum atomic E-state index is 13.0. The molecule has 148 valence electrons. The first-order valence-corrected chi connectivity index (χ1v) is 9.44. The van der Waals surface area contributed by atoms with Crippen molar-refractivity contribution in [2.75, 3.05) is 7.11 Å². The summed E-state index contributed by atoms with van der Waals surface area (Å²) in [5.74, 6) is 0.556. The fraction of sp³-hybridized carbons (Fsp3) is 0.0870. The van der Waals surface area contributed by atoms with Gasteiger partial charge in [0.05, 0.1) is 12.1 Å². The van der Waals surface area contributed by atoms with Gasteiger partial charge in [0.25, 0.3) is 0 Å². The summed E-state index contributed by atoms with van der Waals surface area (Å²) in [5, 5.41) is 0.940. The third-order valence-electron chi connectivity index (χ3n) is 4.14. The molecule has 0 saturated carbocycles. The zero-order valence-electron chi connectivity index (χ0n) is 15.5. The summed E-state index contributed by atoms with van der Waals surface area (Å²) in [6.07, 6.45) is 3.12. The largest absolute Gasteiger partial charge is 0.496 e. The normalized spacial score (nSPS) is 10.9. The van der Waals surface area contributed by atoms with Crippen molar-refractivity contribution in [1.29, 1.82) is 0 Å². The van der Waals surface area contributed by atoms with Gasteiger partial charge in [0.1, 0.15) is 23.9 Å². The predicted octanol–water partition coefficient (Wildman–Crippen LogP) is 6.62. The molecule has 6 heteroatoms. The molecule has 0 amide bonds. The topological polar surface area (TPSA) is 35.5 Å². The van der Waals surface area contributed by atoms with Crippen LogP contribution in [0.3, 0.4) is 0 Å². The number of hydrogen-bond donors (Lipinski definition) is 0. The van der Waals surface area contributed by atoms with Gasteiger partial charge < -0.3 is 9.47 Å².